The van der Waals surface area contributed by atoms with Crippen molar-refractivity contribution in [2.45, 2.75) is 13.0 Å². The second-order valence-electron chi connectivity index (χ2n) is 8.36. The van der Waals surface area contributed by atoms with E-state index in [1.54, 1.807) is 36.5 Å². The Morgan fingerprint density at radius 2 is 1.71 bits per heavy atom. The fourth-order valence-corrected chi connectivity index (χ4v) is 4.56. The van der Waals surface area contributed by atoms with Crippen LogP contribution in [0.4, 0.5) is 5.69 Å². The number of methoxy groups -OCH3 is 2. The predicted octanol–water partition coefficient (Wildman–Crippen LogP) is 5.12. The van der Waals surface area contributed by atoms with Crippen molar-refractivity contribution < 1.29 is 24.2 Å². The number of para-hydroxylation sites is 1. The van der Waals surface area contributed by atoms with Crippen molar-refractivity contribution in [2.24, 2.45) is 0 Å². The molecule has 1 unspecified atom stereocenters. The summed E-state index contributed by atoms with van der Waals surface area (Å²) in [5.74, 6) is -0.935. The lowest BCUT2D eigenvalue weighted by molar-refractivity contribution is -0.132. The van der Waals surface area contributed by atoms with Gasteiger partial charge in [0.25, 0.3) is 11.7 Å². The van der Waals surface area contributed by atoms with Crippen molar-refractivity contribution in [3.05, 3.63) is 95.2 Å². The maximum atomic E-state index is 13.5. The normalized spacial score (nSPS) is 17.2. The number of ketones is 1. The first kappa shape index (κ1) is 22.3. The lowest BCUT2D eigenvalue weighted by Crippen LogP contribution is -2.29. The SMILES string of the molecule is COc1ccc(/C(O)=C2\C(=O)C(=O)N(c3ccc(C)cc3)C2c2c[nH]c3ccccc23)c(OC)c1. The average molecular weight is 469 g/mol. The molecule has 5 rings (SSSR count). The zero-order chi connectivity index (χ0) is 24.7. The Bertz CT molecular complexity index is 1480. The highest BCUT2D eigenvalue weighted by Gasteiger charge is 2.48. The Labute approximate surface area is 202 Å². The van der Waals surface area contributed by atoms with Crippen LogP contribution in [-0.4, -0.2) is 36.0 Å². The van der Waals surface area contributed by atoms with E-state index in [0.717, 1.165) is 16.5 Å². The second-order valence-corrected chi connectivity index (χ2v) is 8.36. The molecule has 1 fully saturated rings. The van der Waals surface area contributed by atoms with Gasteiger partial charge in [0.1, 0.15) is 17.3 Å². The third-order valence-electron chi connectivity index (χ3n) is 6.34. The van der Waals surface area contributed by atoms with Gasteiger partial charge < -0.3 is 19.6 Å². The molecule has 4 aromatic rings. The van der Waals surface area contributed by atoms with Crippen molar-refractivity contribution in [2.75, 3.05) is 19.1 Å². The number of aromatic amines is 1. The Balaban J connectivity index is 1.78. The zero-order valence-corrected chi connectivity index (χ0v) is 19.5. The number of carbonyl (C=O) groups is 2. The molecule has 35 heavy (non-hydrogen) atoms. The van der Waals surface area contributed by atoms with Crippen LogP contribution in [0.3, 0.4) is 0 Å². The van der Waals surface area contributed by atoms with Crippen LogP contribution in [0.5, 0.6) is 11.5 Å². The number of rotatable bonds is 5. The summed E-state index contributed by atoms with van der Waals surface area (Å²) >= 11 is 0. The standard InChI is InChI=1S/C28H24N2O5/c1-16-8-10-17(11-9-16)30-25(21-15-29-22-7-5-4-6-19(21)22)24(27(32)28(30)33)26(31)20-13-12-18(34-2)14-23(20)35-3/h4-15,25,29,31H,1-3H3/b26-24+. The fourth-order valence-electron chi connectivity index (χ4n) is 4.56. The Hall–Kier alpha value is -4.52. The molecule has 176 valence electrons. The third-order valence-corrected chi connectivity index (χ3v) is 6.34. The molecule has 0 saturated carbocycles. The molecular formula is C28H24N2O5. The van der Waals surface area contributed by atoms with Gasteiger partial charge in [0.15, 0.2) is 0 Å². The number of benzene rings is 3. The Kier molecular flexibility index (Phi) is 5.53. The molecule has 7 heteroatoms. The van der Waals surface area contributed by atoms with Gasteiger partial charge in [0.05, 0.1) is 31.4 Å². The van der Waals surface area contributed by atoms with E-state index in [0.29, 0.717) is 28.3 Å². The molecule has 1 amide bonds. The summed E-state index contributed by atoms with van der Waals surface area (Å²) in [6, 6.07) is 19.0. The van der Waals surface area contributed by atoms with Crippen molar-refractivity contribution in [1.29, 1.82) is 0 Å². The van der Waals surface area contributed by atoms with Crippen LogP contribution in [0.25, 0.3) is 16.7 Å². The van der Waals surface area contributed by atoms with E-state index < -0.39 is 17.7 Å². The first-order valence-corrected chi connectivity index (χ1v) is 11.1. The van der Waals surface area contributed by atoms with Gasteiger partial charge in [0.2, 0.25) is 0 Å². The largest absolute Gasteiger partial charge is 0.507 e. The number of nitrogens with zero attached hydrogens (tertiary/aromatic N) is 1. The molecule has 1 atom stereocenters. The van der Waals surface area contributed by atoms with Crippen LogP contribution in [0, 0.1) is 6.92 Å². The minimum absolute atomic E-state index is 0.0104. The van der Waals surface area contributed by atoms with E-state index in [2.05, 4.69) is 4.98 Å². The van der Waals surface area contributed by atoms with Crippen molar-refractivity contribution in [3.8, 4) is 11.5 Å². The predicted molar refractivity (Wildman–Crippen MR) is 134 cm³/mol. The van der Waals surface area contributed by atoms with Gasteiger partial charge in [-0.25, -0.2) is 0 Å². The number of amides is 1. The number of nitrogens with one attached hydrogen (secondary N) is 1. The molecule has 3 aromatic carbocycles. The number of hydrogen-bond acceptors (Lipinski definition) is 5. The number of fused-ring (bicyclic) bond motifs is 1. The fraction of sp³-hybridized carbons (Fsp3) is 0.143. The van der Waals surface area contributed by atoms with Crippen LogP contribution in [0.2, 0.25) is 0 Å². The molecule has 2 N–H and O–H groups in total. The number of anilines is 1. The highest BCUT2D eigenvalue weighted by atomic mass is 16.5. The van der Waals surface area contributed by atoms with Crippen LogP contribution < -0.4 is 14.4 Å². The quantitative estimate of drug-likeness (QED) is 0.241. The Morgan fingerprint density at radius 3 is 2.43 bits per heavy atom. The van der Waals surface area contributed by atoms with Crippen LogP contribution in [0.1, 0.15) is 22.7 Å². The minimum Gasteiger partial charge on any atom is -0.507 e. The molecule has 0 bridgehead atoms. The van der Waals surface area contributed by atoms with Gasteiger partial charge >= 0.3 is 0 Å². The first-order valence-electron chi connectivity index (χ1n) is 11.1. The summed E-state index contributed by atoms with van der Waals surface area (Å²) in [6.07, 6.45) is 1.78. The smallest absolute Gasteiger partial charge is 0.300 e. The minimum atomic E-state index is -0.847. The summed E-state index contributed by atoms with van der Waals surface area (Å²) in [5.41, 5.74) is 3.43. The lowest BCUT2D eigenvalue weighted by Gasteiger charge is -2.25. The number of aliphatic hydroxyl groups excluding tert-OH is 1. The number of aliphatic hydroxyl groups is 1. The van der Waals surface area contributed by atoms with E-state index in [4.69, 9.17) is 9.47 Å². The third kappa shape index (κ3) is 3.61. The first-order chi connectivity index (χ1) is 16.9. The van der Waals surface area contributed by atoms with Gasteiger partial charge in [-0.3, -0.25) is 14.5 Å². The van der Waals surface area contributed by atoms with Gasteiger partial charge in [-0.05, 0) is 37.3 Å². The number of carbonyl (C=O) groups excluding carboxylic acids is 2. The highest BCUT2D eigenvalue weighted by molar-refractivity contribution is 6.52. The summed E-state index contributed by atoms with van der Waals surface area (Å²) in [7, 11) is 2.99. The van der Waals surface area contributed by atoms with Gasteiger partial charge in [-0.15, -0.1) is 0 Å². The number of Topliss-reactive ketones (excluding diaryl/α,β-unsaturated/α-hetero) is 1. The van der Waals surface area contributed by atoms with E-state index in [-0.39, 0.29) is 11.3 Å². The monoisotopic (exact) mass is 468 g/mol. The zero-order valence-electron chi connectivity index (χ0n) is 19.5. The topological polar surface area (TPSA) is 91.9 Å². The number of aryl methyl sites for hydroxylation is 1. The molecule has 1 saturated heterocycles. The van der Waals surface area contributed by atoms with Crippen LogP contribution in [0.15, 0.2) is 78.5 Å². The molecule has 1 aliphatic rings. The van der Waals surface area contributed by atoms with Crippen LogP contribution in [-0.2, 0) is 9.59 Å². The van der Waals surface area contributed by atoms with Crippen LogP contribution >= 0.6 is 0 Å². The van der Waals surface area contributed by atoms with Gasteiger partial charge in [-0.1, -0.05) is 35.9 Å². The maximum Gasteiger partial charge on any atom is 0.300 e. The molecule has 0 spiro atoms. The number of aromatic nitrogens is 1. The van der Waals surface area contributed by atoms with Crippen molar-refractivity contribution >= 4 is 34.0 Å². The van der Waals surface area contributed by atoms with E-state index >= 15 is 0 Å². The van der Waals surface area contributed by atoms with Gasteiger partial charge in [-0.2, -0.15) is 0 Å². The summed E-state index contributed by atoms with van der Waals surface area (Å²) in [6.45, 7) is 1.95. The molecule has 1 aliphatic heterocycles. The van der Waals surface area contributed by atoms with E-state index in [1.807, 2.05) is 43.3 Å². The molecule has 2 heterocycles. The van der Waals surface area contributed by atoms with Gasteiger partial charge in [0, 0.05) is 34.4 Å². The molecule has 7 nitrogen and oxygen atoms in total. The second kappa shape index (κ2) is 8.68. The summed E-state index contributed by atoms with van der Waals surface area (Å²) < 4.78 is 10.7. The van der Waals surface area contributed by atoms with E-state index in [9.17, 15) is 14.7 Å². The Morgan fingerprint density at radius 1 is 0.971 bits per heavy atom. The summed E-state index contributed by atoms with van der Waals surface area (Å²) in [4.78, 5) is 31.5. The highest BCUT2D eigenvalue weighted by Crippen LogP contribution is 2.45. The summed E-state index contributed by atoms with van der Waals surface area (Å²) in [5, 5.41) is 12.3. The number of hydrogen-bond donors (Lipinski definition) is 2. The average Bonchev–Trinajstić information content (AvgIpc) is 3.42. The molecule has 0 radical (unpaired) electrons. The molecule has 1 aromatic heterocycles. The van der Waals surface area contributed by atoms with Crippen molar-refractivity contribution in [1.82, 2.24) is 4.98 Å². The molecule has 0 aliphatic carbocycles. The molecular weight excluding hydrogens is 444 g/mol. The number of ether oxygens (including phenoxy) is 2. The maximum absolute atomic E-state index is 13.5. The van der Waals surface area contributed by atoms with E-state index in [1.165, 1.54) is 19.1 Å². The number of H-pyrrole nitrogens is 1. The van der Waals surface area contributed by atoms with Crippen molar-refractivity contribution in [3.63, 3.8) is 0 Å². The lowest BCUT2D eigenvalue weighted by atomic mass is 9.94.